The summed E-state index contributed by atoms with van der Waals surface area (Å²) in [5.74, 6) is 2.36. The molecule has 1 aromatic carbocycles. The van der Waals surface area contributed by atoms with E-state index in [4.69, 9.17) is 16.3 Å². The molecule has 2 N–H and O–H groups in total. The number of nitrogens with one attached hydrogen (secondary N) is 2. The molecule has 118 valence electrons. The average molecular weight is 322 g/mol. The fourth-order valence-electron chi connectivity index (χ4n) is 1.80. The lowest BCUT2D eigenvalue weighted by Crippen LogP contribution is -2.09. The monoisotopic (exact) mass is 321 g/mol. The molecule has 1 aromatic heterocycles. The predicted molar refractivity (Wildman–Crippen MR) is 89.1 cm³/mol. The molecule has 0 fully saturated rings. The minimum Gasteiger partial charge on any atom is -0.495 e. The average Bonchev–Trinajstić information content (AvgIpc) is 2.47. The molecule has 0 aliphatic carbocycles. The summed E-state index contributed by atoms with van der Waals surface area (Å²) in [6.07, 6.45) is 2.61. The van der Waals surface area contributed by atoms with Crippen LogP contribution in [0.15, 0.2) is 24.4 Å². The molecule has 0 spiro atoms. The number of rotatable bonds is 7. The number of nitrogens with zero attached hydrogens (tertiary/aromatic N) is 3. The lowest BCUT2D eigenvalue weighted by atomic mass is 10.1. The minimum absolute atomic E-state index is 0.505. The largest absolute Gasteiger partial charge is 0.495 e. The highest BCUT2D eigenvalue weighted by Gasteiger charge is 2.05. The van der Waals surface area contributed by atoms with Crippen molar-refractivity contribution >= 4 is 29.1 Å². The first kappa shape index (κ1) is 16.3. The third-order valence-corrected chi connectivity index (χ3v) is 3.28. The Bertz CT molecular complexity index is 621. The number of halogens is 1. The highest BCUT2D eigenvalue weighted by Crippen LogP contribution is 2.28. The summed E-state index contributed by atoms with van der Waals surface area (Å²) in [5.41, 5.74) is 0.805. The van der Waals surface area contributed by atoms with Gasteiger partial charge in [0, 0.05) is 12.2 Å². The van der Waals surface area contributed by atoms with Gasteiger partial charge in [-0.2, -0.15) is 10.1 Å². The van der Waals surface area contributed by atoms with Crippen molar-refractivity contribution in [3.05, 3.63) is 29.4 Å². The van der Waals surface area contributed by atoms with Crippen molar-refractivity contribution in [3.8, 4) is 5.75 Å². The van der Waals surface area contributed by atoms with Crippen LogP contribution in [0.25, 0.3) is 0 Å². The van der Waals surface area contributed by atoms with E-state index in [1.165, 1.54) is 0 Å². The van der Waals surface area contributed by atoms with Gasteiger partial charge < -0.3 is 15.4 Å². The summed E-state index contributed by atoms with van der Waals surface area (Å²) in [5, 5.41) is 14.7. The normalized spacial score (nSPS) is 10.6. The second-order valence-corrected chi connectivity index (χ2v) is 5.66. The molecule has 6 nitrogen and oxygen atoms in total. The van der Waals surface area contributed by atoms with Gasteiger partial charge in [0.1, 0.15) is 5.75 Å². The zero-order chi connectivity index (χ0) is 15.9. The van der Waals surface area contributed by atoms with Gasteiger partial charge >= 0.3 is 0 Å². The van der Waals surface area contributed by atoms with Crippen molar-refractivity contribution in [1.82, 2.24) is 15.2 Å². The van der Waals surface area contributed by atoms with E-state index in [-0.39, 0.29) is 0 Å². The van der Waals surface area contributed by atoms with Crippen LogP contribution in [0.4, 0.5) is 17.5 Å². The van der Waals surface area contributed by atoms with Gasteiger partial charge in [0.25, 0.3) is 0 Å². The maximum atomic E-state index is 6.10. The van der Waals surface area contributed by atoms with E-state index in [0.29, 0.717) is 28.5 Å². The van der Waals surface area contributed by atoms with E-state index in [1.807, 2.05) is 6.07 Å². The summed E-state index contributed by atoms with van der Waals surface area (Å²) in [4.78, 5) is 4.37. The number of benzene rings is 1. The standard InChI is InChI=1S/C15H20ClN5O/c1-10(2)6-7-17-15-20-14(9-18-21-15)19-11-4-5-13(22-3)12(16)8-11/h4-5,8-10H,6-7H2,1-3H3,(H2,17,19,20,21). The highest BCUT2D eigenvalue weighted by atomic mass is 35.5. The van der Waals surface area contributed by atoms with Crippen molar-refractivity contribution in [2.24, 2.45) is 5.92 Å². The van der Waals surface area contributed by atoms with Gasteiger partial charge in [-0.1, -0.05) is 25.4 Å². The molecule has 0 saturated heterocycles. The number of ether oxygens (including phenoxy) is 1. The third-order valence-electron chi connectivity index (χ3n) is 2.99. The first-order chi connectivity index (χ1) is 10.6. The molecule has 22 heavy (non-hydrogen) atoms. The Kier molecular flexibility index (Phi) is 5.77. The maximum absolute atomic E-state index is 6.10. The SMILES string of the molecule is COc1ccc(Nc2cnnc(NCCC(C)C)n2)cc1Cl. The Morgan fingerprint density at radius 3 is 2.82 bits per heavy atom. The summed E-state index contributed by atoms with van der Waals surface area (Å²) < 4.78 is 5.13. The van der Waals surface area contributed by atoms with Gasteiger partial charge in [0.2, 0.25) is 5.95 Å². The molecule has 1 heterocycles. The van der Waals surface area contributed by atoms with E-state index in [2.05, 4.69) is 39.7 Å². The van der Waals surface area contributed by atoms with E-state index in [0.717, 1.165) is 18.7 Å². The molecule has 0 saturated carbocycles. The Hall–Kier alpha value is -2.08. The van der Waals surface area contributed by atoms with Crippen LogP contribution in [-0.4, -0.2) is 28.8 Å². The van der Waals surface area contributed by atoms with E-state index >= 15 is 0 Å². The quantitative estimate of drug-likeness (QED) is 0.809. The van der Waals surface area contributed by atoms with Crippen LogP contribution in [0.3, 0.4) is 0 Å². The molecule has 2 aromatic rings. The number of hydrogen-bond donors (Lipinski definition) is 2. The second kappa shape index (κ2) is 7.79. The molecular weight excluding hydrogens is 302 g/mol. The molecule has 0 bridgehead atoms. The maximum Gasteiger partial charge on any atom is 0.244 e. The molecule has 0 aliphatic heterocycles. The molecule has 2 rings (SSSR count). The van der Waals surface area contributed by atoms with Crippen LogP contribution in [0, 0.1) is 5.92 Å². The summed E-state index contributed by atoms with van der Waals surface area (Å²) in [7, 11) is 1.58. The second-order valence-electron chi connectivity index (χ2n) is 5.25. The Balaban J connectivity index is 2.02. The van der Waals surface area contributed by atoms with Gasteiger partial charge in [0.05, 0.1) is 18.3 Å². The Labute approximate surface area is 135 Å². The van der Waals surface area contributed by atoms with Crippen molar-refractivity contribution in [2.45, 2.75) is 20.3 Å². The van der Waals surface area contributed by atoms with Crippen LogP contribution in [-0.2, 0) is 0 Å². The highest BCUT2D eigenvalue weighted by molar-refractivity contribution is 6.32. The summed E-state index contributed by atoms with van der Waals surface area (Å²) in [6.45, 7) is 5.16. The molecule has 0 aliphatic rings. The lowest BCUT2D eigenvalue weighted by Gasteiger charge is -2.10. The Morgan fingerprint density at radius 2 is 2.14 bits per heavy atom. The van der Waals surface area contributed by atoms with E-state index in [1.54, 1.807) is 25.4 Å². The number of methoxy groups -OCH3 is 1. The summed E-state index contributed by atoms with van der Waals surface area (Å²) >= 11 is 6.10. The fourth-order valence-corrected chi connectivity index (χ4v) is 2.06. The van der Waals surface area contributed by atoms with Crippen LogP contribution in [0.2, 0.25) is 5.02 Å². The van der Waals surface area contributed by atoms with Crippen molar-refractivity contribution in [1.29, 1.82) is 0 Å². The zero-order valence-corrected chi connectivity index (χ0v) is 13.7. The van der Waals surface area contributed by atoms with Gasteiger partial charge in [-0.05, 0) is 30.5 Å². The molecule has 0 amide bonds. The Morgan fingerprint density at radius 1 is 1.32 bits per heavy atom. The van der Waals surface area contributed by atoms with Crippen LogP contribution in [0.1, 0.15) is 20.3 Å². The topological polar surface area (TPSA) is 72.0 Å². The van der Waals surface area contributed by atoms with Gasteiger partial charge in [0.15, 0.2) is 5.82 Å². The van der Waals surface area contributed by atoms with Crippen molar-refractivity contribution in [3.63, 3.8) is 0 Å². The van der Waals surface area contributed by atoms with Crippen LogP contribution in [0.5, 0.6) is 5.75 Å². The zero-order valence-electron chi connectivity index (χ0n) is 12.9. The van der Waals surface area contributed by atoms with E-state index in [9.17, 15) is 0 Å². The molecule has 7 heteroatoms. The van der Waals surface area contributed by atoms with Gasteiger partial charge in [-0.25, -0.2) is 0 Å². The molecular formula is C15H20ClN5O. The third kappa shape index (κ3) is 4.73. The van der Waals surface area contributed by atoms with Crippen LogP contribution >= 0.6 is 11.6 Å². The first-order valence-corrected chi connectivity index (χ1v) is 7.50. The van der Waals surface area contributed by atoms with Gasteiger partial charge in [-0.3, -0.25) is 0 Å². The smallest absolute Gasteiger partial charge is 0.244 e. The van der Waals surface area contributed by atoms with Crippen LogP contribution < -0.4 is 15.4 Å². The predicted octanol–water partition coefficient (Wildman–Crippen LogP) is 3.74. The summed E-state index contributed by atoms with van der Waals surface area (Å²) in [6, 6.07) is 5.42. The molecule has 0 unspecified atom stereocenters. The lowest BCUT2D eigenvalue weighted by molar-refractivity contribution is 0.415. The van der Waals surface area contributed by atoms with Gasteiger partial charge in [-0.15, -0.1) is 5.10 Å². The number of anilines is 3. The number of hydrogen-bond acceptors (Lipinski definition) is 6. The number of aromatic nitrogens is 3. The van der Waals surface area contributed by atoms with Crippen molar-refractivity contribution < 1.29 is 4.74 Å². The fraction of sp³-hybridized carbons (Fsp3) is 0.400. The first-order valence-electron chi connectivity index (χ1n) is 7.12. The van der Waals surface area contributed by atoms with E-state index < -0.39 is 0 Å². The van der Waals surface area contributed by atoms with Crippen molar-refractivity contribution in [2.75, 3.05) is 24.3 Å². The molecule has 0 radical (unpaired) electrons. The minimum atomic E-state index is 0.505. The molecule has 0 atom stereocenters.